The predicted molar refractivity (Wildman–Crippen MR) is 146 cm³/mol. The second-order valence-electron chi connectivity index (χ2n) is 9.66. The van der Waals surface area contributed by atoms with Crippen LogP contribution in [0.2, 0.25) is 0 Å². The first-order valence-electron chi connectivity index (χ1n) is 12.7. The topological polar surface area (TPSA) is 76.5 Å². The minimum atomic E-state index is -0.211. The highest BCUT2D eigenvalue weighted by atomic mass is 16.5. The zero-order chi connectivity index (χ0) is 25.8. The van der Waals surface area contributed by atoms with E-state index < -0.39 is 0 Å². The zero-order valence-electron chi connectivity index (χ0n) is 21.3. The van der Waals surface area contributed by atoms with E-state index in [1.54, 1.807) is 11.7 Å². The number of para-hydroxylation sites is 2. The highest BCUT2D eigenvalue weighted by Crippen LogP contribution is 2.23. The highest BCUT2D eigenvalue weighted by Gasteiger charge is 2.28. The third-order valence-electron chi connectivity index (χ3n) is 6.99. The van der Waals surface area contributed by atoms with Gasteiger partial charge in [-0.2, -0.15) is 0 Å². The van der Waals surface area contributed by atoms with Crippen LogP contribution in [0.25, 0.3) is 11.0 Å². The fourth-order valence-electron chi connectivity index (χ4n) is 4.92. The summed E-state index contributed by atoms with van der Waals surface area (Å²) in [7, 11) is 1.63. The van der Waals surface area contributed by atoms with Crippen LogP contribution in [-0.4, -0.2) is 35.7 Å². The monoisotopic (exact) mass is 496 g/mol. The van der Waals surface area contributed by atoms with Gasteiger partial charge in [-0.1, -0.05) is 54.1 Å². The average Bonchev–Trinajstić information content (AvgIpc) is 2.94. The molecule has 0 saturated carbocycles. The summed E-state index contributed by atoms with van der Waals surface area (Å²) in [4.78, 5) is 33.6. The molecule has 0 aliphatic carbocycles. The van der Waals surface area contributed by atoms with E-state index in [4.69, 9.17) is 9.72 Å². The van der Waals surface area contributed by atoms with E-state index in [1.807, 2.05) is 53.4 Å². The van der Waals surface area contributed by atoms with Gasteiger partial charge >= 0.3 is 0 Å². The van der Waals surface area contributed by atoms with Crippen molar-refractivity contribution in [2.75, 3.05) is 25.1 Å². The van der Waals surface area contributed by atoms with Gasteiger partial charge in [-0.15, -0.1) is 0 Å². The molecule has 1 aliphatic rings. The second kappa shape index (κ2) is 10.9. The summed E-state index contributed by atoms with van der Waals surface area (Å²) >= 11 is 0. The standard InChI is InChI=1S/C30H32N4O3/c1-21-12-14-22(15-13-21)19-34-27-11-4-3-10-26(27)32-28(30(34)36)33-16-6-8-24(20-33)29(35)31-18-23-7-5-9-25(17-23)37-2/h3-5,7,9-15,17,24H,6,8,16,18-20H2,1-2H3,(H,31,35). The van der Waals surface area contributed by atoms with E-state index in [9.17, 15) is 9.59 Å². The molecule has 37 heavy (non-hydrogen) atoms. The Morgan fingerprint density at radius 3 is 2.68 bits per heavy atom. The van der Waals surface area contributed by atoms with Crippen molar-refractivity contribution >= 4 is 22.8 Å². The molecule has 3 aromatic carbocycles. The van der Waals surface area contributed by atoms with Crippen LogP contribution in [0.1, 0.15) is 29.5 Å². The summed E-state index contributed by atoms with van der Waals surface area (Å²) in [6.07, 6.45) is 1.61. The molecule has 1 aromatic heterocycles. The minimum absolute atomic E-state index is 0.00621. The number of benzene rings is 3. The molecule has 1 saturated heterocycles. The Morgan fingerprint density at radius 2 is 1.86 bits per heavy atom. The molecule has 0 spiro atoms. The molecule has 1 atom stereocenters. The second-order valence-corrected chi connectivity index (χ2v) is 9.66. The first kappa shape index (κ1) is 24.6. The van der Waals surface area contributed by atoms with Crippen molar-refractivity contribution in [2.45, 2.75) is 32.9 Å². The lowest BCUT2D eigenvalue weighted by Crippen LogP contribution is -2.45. The lowest BCUT2D eigenvalue weighted by Gasteiger charge is -2.33. The van der Waals surface area contributed by atoms with Gasteiger partial charge in [0, 0.05) is 19.6 Å². The van der Waals surface area contributed by atoms with Crippen LogP contribution >= 0.6 is 0 Å². The van der Waals surface area contributed by atoms with E-state index >= 15 is 0 Å². The molecule has 2 heterocycles. The first-order valence-corrected chi connectivity index (χ1v) is 12.7. The van der Waals surface area contributed by atoms with Gasteiger partial charge in [0.05, 0.1) is 30.6 Å². The number of ether oxygens (including phenoxy) is 1. The number of nitrogens with zero attached hydrogens (tertiary/aromatic N) is 3. The SMILES string of the molecule is COc1cccc(CNC(=O)C2CCCN(c3nc4ccccc4n(Cc4ccc(C)cc4)c3=O)C2)c1. The molecule has 1 unspecified atom stereocenters. The van der Waals surface area contributed by atoms with E-state index in [2.05, 4.69) is 36.5 Å². The Balaban J connectivity index is 1.37. The van der Waals surface area contributed by atoms with Crippen LogP contribution < -0.4 is 20.5 Å². The van der Waals surface area contributed by atoms with Gasteiger partial charge in [-0.3, -0.25) is 14.2 Å². The van der Waals surface area contributed by atoms with Gasteiger partial charge in [-0.05, 0) is 55.2 Å². The minimum Gasteiger partial charge on any atom is -0.497 e. The summed E-state index contributed by atoms with van der Waals surface area (Å²) in [5.41, 5.74) is 4.67. The molecule has 190 valence electrons. The van der Waals surface area contributed by atoms with Crippen LogP contribution in [0, 0.1) is 12.8 Å². The molecule has 0 bridgehead atoms. The summed E-state index contributed by atoms with van der Waals surface area (Å²) in [6.45, 7) is 4.12. The lowest BCUT2D eigenvalue weighted by atomic mass is 9.97. The summed E-state index contributed by atoms with van der Waals surface area (Å²) in [5.74, 6) is 0.960. The normalized spacial score (nSPS) is 15.5. The van der Waals surface area contributed by atoms with E-state index in [1.165, 1.54) is 5.56 Å². The maximum Gasteiger partial charge on any atom is 0.294 e. The summed E-state index contributed by atoms with van der Waals surface area (Å²) in [6, 6.07) is 23.6. The number of hydrogen-bond acceptors (Lipinski definition) is 5. The van der Waals surface area contributed by atoms with Crippen LogP contribution in [0.4, 0.5) is 5.82 Å². The largest absolute Gasteiger partial charge is 0.497 e. The number of piperidine rings is 1. The van der Waals surface area contributed by atoms with Crippen molar-refractivity contribution in [1.29, 1.82) is 0 Å². The Hall–Kier alpha value is -4.13. The van der Waals surface area contributed by atoms with Crippen molar-refractivity contribution in [2.24, 2.45) is 5.92 Å². The van der Waals surface area contributed by atoms with Gasteiger partial charge in [-0.25, -0.2) is 4.98 Å². The molecule has 4 aromatic rings. The number of aryl methyl sites for hydroxylation is 1. The molecule has 1 amide bonds. The number of methoxy groups -OCH3 is 1. The summed E-state index contributed by atoms with van der Waals surface area (Å²) in [5, 5.41) is 3.06. The van der Waals surface area contributed by atoms with E-state index in [0.717, 1.165) is 40.8 Å². The smallest absolute Gasteiger partial charge is 0.294 e. The number of fused-ring (bicyclic) bond motifs is 1. The Labute approximate surface area is 216 Å². The van der Waals surface area contributed by atoms with Gasteiger partial charge in [0.15, 0.2) is 5.82 Å². The number of rotatable bonds is 7. The molecule has 1 fully saturated rings. The Morgan fingerprint density at radius 1 is 1.05 bits per heavy atom. The number of carbonyl (C=O) groups is 1. The van der Waals surface area contributed by atoms with Crippen molar-refractivity contribution in [3.63, 3.8) is 0 Å². The van der Waals surface area contributed by atoms with Gasteiger partial charge in [0.25, 0.3) is 5.56 Å². The first-order chi connectivity index (χ1) is 18.0. The number of hydrogen-bond donors (Lipinski definition) is 1. The fourth-order valence-corrected chi connectivity index (χ4v) is 4.92. The van der Waals surface area contributed by atoms with E-state index in [-0.39, 0.29) is 17.4 Å². The number of nitrogens with one attached hydrogen (secondary N) is 1. The molecule has 0 radical (unpaired) electrons. The molecule has 7 heteroatoms. The summed E-state index contributed by atoms with van der Waals surface area (Å²) < 4.78 is 7.08. The fraction of sp³-hybridized carbons (Fsp3) is 0.300. The number of anilines is 1. The Kier molecular flexibility index (Phi) is 7.21. The zero-order valence-corrected chi connectivity index (χ0v) is 21.3. The van der Waals surface area contributed by atoms with Gasteiger partial charge in [0.1, 0.15) is 5.75 Å². The predicted octanol–water partition coefficient (Wildman–Crippen LogP) is 4.29. The Bertz CT molecular complexity index is 1460. The number of carbonyl (C=O) groups excluding carboxylic acids is 1. The van der Waals surface area contributed by atoms with Crippen LogP contribution in [-0.2, 0) is 17.9 Å². The maximum atomic E-state index is 13.7. The van der Waals surface area contributed by atoms with Crippen molar-refractivity contribution in [3.05, 3.63) is 99.8 Å². The highest BCUT2D eigenvalue weighted by molar-refractivity contribution is 5.80. The van der Waals surface area contributed by atoms with Crippen molar-refractivity contribution < 1.29 is 9.53 Å². The maximum absolute atomic E-state index is 13.7. The average molecular weight is 497 g/mol. The lowest BCUT2D eigenvalue weighted by molar-refractivity contribution is -0.125. The molecule has 1 N–H and O–H groups in total. The molecule has 7 nitrogen and oxygen atoms in total. The molecular formula is C30H32N4O3. The van der Waals surface area contributed by atoms with Crippen molar-refractivity contribution in [1.82, 2.24) is 14.9 Å². The molecule has 1 aliphatic heterocycles. The van der Waals surface area contributed by atoms with Gasteiger partial charge in [0.2, 0.25) is 5.91 Å². The van der Waals surface area contributed by atoms with E-state index in [0.29, 0.717) is 32.0 Å². The van der Waals surface area contributed by atoms with Crippen LogP contribution in [0.15, 0.2) is 77.6 Å². The van der Waals surface area contributed by atoms with Crippen molar-refractivity contribution in [3.8, 4) is 5.75 Å². The number of amides is 1. The number of aromatic nitrogens is 2. The van der Waals surface area contributed by atoms with Crippen LogP contribution in [0.5, 0.6) is 5.75 Å². The molecular weight excluding hydrogens is 464 g/mol. The van der Waals surface area contributed by atoms with Crippen LogP contribution in [0.3, 0.4) is 0 Å². The molecule has 5 rings (SSSR count). The third kappa shape index (κ3) is 5.50. The third-order valence-corrected chi connectivity index (χ3v) is 6.99. The quantitative estimate of drug-likeness (QED) is 0.413. The van der Waals surface area contributed by atoms with Gasteiger partial charge < -0.3 is 15.0 Å².